The third-order valence-corrected chi connectivity index (χ3v) is 3.94. The van der Waals surface area contributed by atoms with Gasteiger partial charge in [0.05, 0.1) is 20.1 Å². The van der Waals surface area contributed by atoms with Gasteiger partial charge in [-0.2, -0.15) is 0 Å². The van der Waals surface area contributed by atoms with Crippen LogP contribution in [0.5, 0.6) is 5.75 Å². The van der Waals surface area contributed by atoms with Crippen LogP contribution in [0.25, 0.3) is 6.08 Å². The van der Waals surface area contributed by atoms with Gasteiger partial charge in [-0.1, -0.05) is 44.9 Å². The van der Waals surface area contributed by atoms with Crippen LogP contribution < -0.4 is 4.74 Å². The lowest BCUT2D eigenvalue weighted by Crippen LogP contribution is -2.32. The van der Waals surface area contributed by atoms with Crippen LogP contribution in [0.15, 0.2) is 30.3 Å². The summed E-state index contributed by atoms with van der Waals surface area (Å²) < 4.78 is 10.4. The summed E-state index contributed by atoms with van der Waals surface area (Å²) in [6, 6.07) is 7.65. The Morgan fingerprint density at radius 3 is 2.54 bits per heavy atom. The Bertz CT molecular complexity index is 583. The fourth-order valence-electron chi connectivity index (χ4n) is 2.44. The lowest BCUT2D eigenvalue weighted by atomic mass is 10.1. The number of rotatable bonds is 12. The number of esters is 1. The van der Waals surface area contributed by atoms with E-state index < -0.39 is 0 Å². The number of unbranched alkanes of at least 4 members (excludes halogenated alkanes) is 2. The number of benzene rings is 1. The maximum Gasteiger partial charge on any atom is 0.307 e. The zero-order valence-corrected chi connectivity index (χ0v) is 16.2. The van der Waals surface area contributed by atoms with Crippen molar-refractivity contribution in [1.82, 2.24) is 4.90 Å². The zero-order valence-electron chi connectivity index (χ0n) is 16.2. The van der Waals surface area contributed by atoms with Crippen LogP contribution in [-0.2, 0) is 14.3 Å². The largest absolute Gasteiger partial charge is 0.493 e. The Morgan fingerprint density at radius 1 is 1.08 bits per heavy atom. The summed E-state index contributed by atoms with van der Waals surface area (Å²) in [5, 5.41) is 0. The highest BCUT2D eigenvalue weighted by Gasteiger charge is 2.13. The summed E-state index contributed by atoms with van der Waals surface area (Å²) in [7, 11) is 1.36. The summed E-state index contributed by atoms with van der Waals surface area (Å²) in [5.41, 5.74) is 0.871. The van der Waals surface area contributed by atoms with Crippen molar-refractivity contribution in [1.29, 1.82) is 0 Å². The first-order valence-electron chi connectivity index (χ1n) is 9.38. The van der Waals surface area contributed by atoms with Gasteiger partial charge in [0.25, 0.3) is 0 Å². The number of carbonyl (C=O) groups is 2. The highest BCUT2D eigenvalue weighted by atomic mass is 16.5. The second-order valence-electron chi connectivity index (χ2n) is 6.08. The van der Waals surface area contributed by atoms with Crippen molar-refractivity contribution in [2.24, 2.45) is 0 Å². The van der Waals surface area contributed by atoms with Gasteiger partial charge < -0.3 is 14.4 Å². The second-order valence-corrected chi connectivity index (χ2v) is 6.08. The van der Waals surface area contributed by atoms with E-state index >= 15 is 0 Å². The topological polar surface area (TPSA) is 55.8 Å². The zero-order chi connectivity index (χ0) is 19.2. The third kappa shape index (κ3) is 8.19. The van der Waals surface area contributed by atoms with Gasteiger partial charge >= 0.3 is 5.97 Å². The molecular formula is C21H31NO4. The lowest BCUT2D eigenvalue weighted by molar-refractivity contribution is -0.141. The molecule has 0 saturated heterocycles. The molecule has 0 aliphatic carbocycles. The Kier molecular flexibility index (Phi) is 10.9. The van der Waals surface area contributed by atoms with Crippen LogP contribution in [0.1, 0.15) is 51.5 Å². The first kappa shape index (κ1) is 21.7. The second kappa shape index (κ2) is 13.0. The van der Waals surface area contributed by atoms with Crippen LogP contribution in [0.2, 0.25) is 0 Å². The Hall–Kier alpha value is -2.30. The maximum atomic E-state index is 12.6. The molecule has 0 aliphatic rings. The SMILES string of the molecule is CCCCCN(CCC(=O)OC)C(=O)/C=C/c1ccccc1OCCC. The minimum atomic E-state index is -0.305. The van der Waals surface area contributed by atoms with Crippen molar-refractivity contribution in [3.05, 3.63) is 35.9 Å². The number of hydrogen-bond acceptors (Lipinski definition) is 4. The van der Waals surface area contributed by atoms with Gasteiger partial charge in [-0.25, -0.2) is 0 Å². The number of ether oxygens (including phenoxy) is 2. The van der Waals surface area contributed by atoms with Gasteiger partial charge in [-0.3, -0.25) is 9.59 Å². The molecule has 1 aromatic carbocycles. The molecule has 1 rings (SSSR count). The maximum absolute atomic E-state index is 12.6. The predicted molar refractivity (Wildman–Crippen MR) is 104 cm³/mol. The molecule has 5 heteroatoms. The summed E-state index contributed by atoms with van der Waals surface area (Å²) in [4.78, 5) is 25.7. The van der Waals surface area contributed by atoms with Gasteiger partial charge in [0.2, 0.25) is 5.91 Å². The summed E-state index contributed by atoms with van der Waals surface area (Å²) in [5.74, 6) is 0.362. The van der Waals surface area contributed by atoms with Gasteiger partial charge in [-0.05, 0) is 25.0 Å². The Balaban J connectivity index is 2.77. The van der Waals surface area contributed by atoms with Crippen LogP contribution in [0, 0.1) is 0 Å². The first-order valence-corrected chi connectivity index (χ1v) is 9.38. The highest BCUT2D eigenvalue weighted by Crippen LogP contribution is 2.19. The van der Waals surface area contributed by atoms with Crippen molar-refractivity contribution in [2.45, 2.75) is 46.0 Å². The van der Waals surface area contributed by atoms with Crippen molar-refractivity contribution >= 4 is 18.0 Å². The number of hydrogen-bond donors (Lipinski definition) is 0. The molecule has 0 unspecified atom stereocenters. The van der Waals surface area contributed by atoms with Crippen molar-refractivity contribution in [2.75, 3.05) is 26.8 Å². The molecule has 0 N–H and O–H groups in total. The van der Waals surface area contributed by atoms with E-state index in [0.29, 0.717) is 19.7 Å². The van der Waals surface area contributed by atoms with Crippen LogP contribution >= 0.6 is 0 Å². The highest BCUT2D eigenvalue weighted by molar-refractivity contribution is 5.92. The average molecular weight is 361 g/mol. The fourth-order valence-corrected chi connectivity index (χ4v) is 2.44. The molecule has 1 aromatic rings. The smallest absolute Gasteiger partial charge is 0.307 e. The molecule has 144 valence electrons. The molecule has 0 aromatic heterocycles. The van der Waals surface area contributed by atoms with E-state index in [1.54, 1.807) is 17.1 Å². The molecule has 0 atom stereocenters. The summed E-state index contributed by atoms with van der Waals surface area (Å²) >= 11 is 0. The number of methoxy groups -OCH3 is 1. The van der Waals surface area contributed by atoms with Gasteiger partial charge in [0.15, 0.2) is 0 Å². The lowest BCUT2D eigenvalue weighted by Gasteiger charge is -2.20. The van der Waals surface area contributed by atoms with E-state index in [1.807, 2.05) is 24.3 Å². The number of carbonyl (C=O) groups excluding carboxylic acids is 2. The normalized spacial score (nSPS) is 10.7. The molecule has 0 heterocycles. The van der Waals surface area contributed by atoms with E-state index in [-0.39, 0.29) is 18.3 Å². The van der Waals surface area contributed by atoms with E-state index in [2.05, 4.69) is 18.6 Å². The average Bonchev–Trinajstić information content (AvgIpc) is 2.67. The van der Waals surface area contributed by atoms with Crippen molar-refractivity contribution in [3.63, 3.8) is 0 Å². The van der Waals surface area contributed by atoms with E-state index in [9.17, 15) is 9.59 Å². The summed E-state index contributed by atoms with van der Waals surface area (Å²) in [6.45, 7) is 5.82. The molecule has 5 nitrogen and oxygen atoms in total. The third-order valence-electron chi connectivity index (χ3n) is 3.94. The Labute approximate surface area is 157 Å². The monoisotopic (exact) mass is 361 g/mol. The van der Waals surface area contributed by atoms with Gasteiger partial charge in [-0.15, -0.1) is 0 Å². The molecule has 0 spiro atoms. The van der Waals surface area contributed by atoms with Crippen molar-refractivity contribution < 1.29 is 19.1 Å². The molecule has 0 bridgehead atoms. The molecule has 1 amide bonds. The van der Waals surface area contributed by atoms with Gasteiger partial charge in [0, 0.05) is 24.7 Å². The molecular weight excluding hydrogens is 330 g/mol. The van der Waals surface area contributed by atoms with Crippen LogP contribution in [0.4, 0.5) is 0 Å². The fraction of sp³-hybridized carbons (Fsp3) is 0.524. The Morgan fingerprint density at radius 2 is 1.85 bits per heavy atom. The standard InChI is InChI=1S/C21H31NO4/c1-4-6-9-15-22(16-14-21(24)25-3)20(23)13-12-18-10-7-8-11-19(18)26-17-5-2/h7-8,10-13H,4-6,9,14-17H2,1-3H3/b13-12+. The number of nitrogens with zero attached hydrogens (tertiary/aromatic N) is 1. The number of para-hydroxylation sites is 1. The molecule has 26 heavy (non-hydrogen) atoms. The quantitative estimate of drug-likeness (QED) is 0.320. The van der Waals surface area contributed by atoms with Crippen LogP contribution in [-0.4, -0.2) is 43.6 Å². The van der Waals surface area contributed by atoms with E-state index in [4.69, 9.17) is 4.74 Å². The van der Waals surface area contributed by atoms with Crippen molar-refractivity contribution in [3.8, 4) is 5.75 Å². The summed E-state index contributed by atoms with van der Waals surface area (Å²) in [6.07, 6.45) is 7.52. The predicted octanol–water partition coefficient (Wildman–Crippen LogP) is 4.07. The van der Waals surface area contributed by atoms with Gasteiger partial charge in [0.1, 0.15) is 5.75 Å². The molecule has 0 radical (unpaired) electrons. The van der Waals surface area contributed by atoms with E-state index in [1.165, 1.54) is 7.11 Å². The van der Waals surface area contributed by atoms with Crippen LogP contribution in [0.3, 0.4) is 0 Å². The number of amides is 1. The molecule has 0 fully saturated rings. The molecule has 0 aliphatic heterocycles. The minimum Gasteiger partial charge on any atom is -0.493 e. The minimum absolute atomic E-state index is 0.102. The molecule has 0 saturated carbocycles. The van der Waals surface area contributed by atoms with E-state index in [0.717, 1.165) is 37.0 Å². The first-order chi connectivity index (χ1) is 12.6.